The summed E-state index contributed by atoms with van der Waals surface area (Å²) >= 11 is 0. The van der Waals surface area contributed by atoms with E-state index in [1.165, 1.54) is 31.4 Å². The molecule has 6 heteroatoms. The fraction of sp³-hybridized carbons (Fsp3) is 0.200. The van der Waals surface area contributed by atoms with Gasteiger partial charge in [-0.1, -0.05) is 0 Å². The third kappa shape index (κ3) is 3.34. The van der Waals surface area contributed by atoms with Gasteiger partial charge in [0, 0.05) is 18.2 Å². The first-order chi connectivity index (χ1) is 10.0. The molecule has 0 radical (unpaired) electrons. The van der Waals surface area contributed by atoms with Crippen molar-refractivity contribution >= 4 is 17.1 Å². The second kappa shape index (κ2) is 6.30. The van der Waals surface area contributed by atoms with Crippen LogP contribution in [0.15, 0.2) is 30.3 Å². The molecule has 4 nitrogen and oxygen atoms in total. The molecule has 0 amide bonds. The average Bonchev–Trinajstić information content (AvgIpc) is 2.46. The molecular formula is C15H16F2N2O2. The van der Waals surface area contributed by atoms with Crippen LogP contribution in [-0.4, -0.2) is 13.7 Å². The first kappa shape index (κ1) is 14.9. The Balaban J connectivity index is 2.37. The smallest absolute Gasteiger partial charge is 0.167 e. The highest BCUT2D eigenvalue weighted by molar-refractivity contribution is 5.75. The van der Waals surface area contributed by atoms with Gasteiger partial charge in [-0.25, -0.2) is 8.78 Å². The summed E-state index contributed by atoms with van der Waals surface area (Å²) in [5.74, 6) is -0.495. The van der Waals surface area contributed by atoms with Crippen LogP contribution in [0.25, 0.3) is 0 Å². The van der Waals surface area contributed by atoms with E-state index < -0.39 is 11.6 Å². The fourth-order valence-electron chi connectivity index (χ4n) is 1.82. The monoisotopic (exact) mass is 294 g/mol. The van der Waals surface area contributed by atoms with Gasteiger partial charge >= 0.3 is 0 Å². The number of halogens is 2. The van der Waals surface area contributed by atoms with E-state index in [-0.39, 0.29) is 17.1 Å². The number of nitrogen functional groups attached to an aromatic ring is 1. The number of ether oxygens (including phenoxy) is 2. The van der Waals surface area contributed by atoms with Crippen LogP contribution >= 0.6 is 0 Å². The van der Waals surface area contributed by atoms with Crippen molar-refractivity contribution in [3.8, 4) is 11.5 Å². The van der Waals surface area contributed by atoms with Gasteiger partial charge in [-0.15, -0.1) is 0 Å². The van der Waals surface area contributed by atoms with Crippen molar-refractivity contribution < 1.29 is 18.3 Å². The Labute approximate surface area is 121 Å². The number of hydrogen-bond donors (Lipinski definition) is 2. The molecule has 2 aromatic carbocycles. The third-order valence-electron chi connectivity index (χ3n) is 2.85. The summed E-state index contributed by atoms with van der Waals surface area (Å²) in [6.45, 7) is 2.05. The summed E-state index contributed by atoms with van der Waals surface area (Å²) < 4.78 is 37.6. The first-order valence-corrected chi connectivity index (χ1v) is 6.37. The van der Waals surface area contributed by atoms with Gasteiger partial charge in [0.1, 0.15) is 11.6 Å². The van der Waals surface area contributed by atoms with E-state index in [4.69, 9.17) is 15.2 Å². The lowest BCUT2D eigenvalue weighted by Crippen LogP contribution is -2.02. The number of hydrogen-bond acceptors (Lipinski definition) is 4. The van der Waals surface area contributed by atoms with Crippen LogP contribution in [-0.2, 0) is 0 Å². The number of rotatable bonds is 5. The van der Waals surface area contributed by atoms with Gasteiger partial charge < -0.3 is 20.5 Å². The zero-order valence-corrected chi connectivity index (χ0v) is 11.7. The molecule has 2 aromatic rings. The van der Waals surface area contributed by atoms with Gasteiger partial charge in [0.25, 0.3) is 0 Å². The molecule has 0 fully saturated rings. The van der Waals surface area contributed by atoms with Crippen molar-refractivity contribution in [2.75, 3.05) is 24.8 Å². The summed E-state index contributed by atoms with van der Waals surface area (Å²) in [7, 11) is 1.48. The van der Waals surface area contributed by atoms with Crippen molar-refractivity contribution in [2.24, 2.45) is 0 Å². The van der Waals surface area contributed by atoms with E-state index in [2.05, 4.69) is 5.32 Å². The molecule has 21 heavy (non-hydrogen) atoms. The van der Waals surface area contributed by atoms with E-state index in [1.54, 1.807) is 6.92 Å². The Hall–Kier alpha value is -2.50. The number of methoxy groups -OCH3 is 1. The second-order valence-electron chi connectivity index (χ2n) is 4.27. The van der Waals surface area contributed by atoms with Gasteiger partial charge in [0.05, 0.1) is 30.8 Å². The lowest BCUT2D eigenvalue weighted by atomic mass is 10.2. The maximum atomic E-state index is 13.8. The highest BCUT2D eigenvalue weighted by Gasteiger charge is 2.11. The van der Waals surface area contributed by atoms with Crippen molar-refractivity contribution in [2.45, 2.75) is 6.92 Å². The van der Waals surface area contributed by atoms with Gasteiger partial charge in [-0.2, -0.15) is 0 Å². The number of nitrogens with two attached hydrogens (primary N) is 1. The lowest BCUT2D eigenvalue weighted by molar-refractivity contribution is 0.322. The van der Waals surface area contributed by atoms with E-state index in [1.807, 2.05) is 0 Å². The van der Waals surface area contributed by atoms with Crippen LogP contribution < -0.4 is 20.5 Å². The minimum atomic E-state index is -0.564. The van der Waals surface area contributed by atoms with Crippen LogP contribution in [0.4, 0.5) is 25.8 Å². The summed E-state index contributed by atoms with van der Waals surface area (Å²) in [4.78, 5) is 0. The minimum absolute atomic E-state index is 0.0532. The molecule has 0 aromatic heterocycles. The first-order valence-electron chi connectivity index (χ1n) is 6.37. The van der Waals surface area contributed by atoms with Crippen LogP contribution in [0.1, 0.15) is 6.92 Å². The number of benzene rings is 2. The molecule has 0 spiro atoms. The van der Waals surface area contributed by atoms with Crippen molar-refractivity contribution in [1.82, 2.24) is 0 Å². The second-order valence-corrected chi connectivity index (χ2v) is 4.27. The van der Waals surface area contributed by atoms with Crippen molar-refractivity contribution in [3.05, 3.63) is 42.0 Å². The van der Waals surface area contributed by atoms with Crippen LogP contribution in [0, 0.1) is 11.6 Å². The lowest BCUT2D eigenvalue weighted by Gasteiger charge is -2.14. The average molecular weight is 294 g/mol. The molecule has 0 atom stereocenters. The van der Waals surface area contributed by atoms with E-state index >= 15 is 0 Å². The Morgan fingerprint density at radius 1 is 1.10 bits per heavy atom. The molecule has 112 valence electrons. The van der Waals surface area contributed by atoms with Crippen LogP contribution in [0.5, 0.6) is 11.5 Å². The molecule has 0 aliphatic rings. The normalized spacial score (nSPS) is 10.3. The largest absolute Gasteiger partial charge is 0.497 e. The maximum absolute atomic E-state index is 13.8. The summed E-state index contributed by atoms with van der Waals surface area (Å²) in [5, 5.41) is 2.81. The highest BCUT2D eigenvalue weighted by atomic mass is 19.1. The summed E-state index contributed by atoms with van der Waals surface area (Å²) in [6, 6.07) is 6.78. The predicted molar refractivity (Wildman–Crippen MR) is 78.2 cm³/mol. The standard InChI is InChI=1S/C15H16F2N2O2/c1-3-21-15-8-14(12(18)7-11(15)17)19-13-6-9(20-2)4-5-10(13)16/h4-8,19H,3,18H2,1-2H3. The minimum Gasteiger partial charge on any atom is -0.497 e. The predicted octanol–water partition coefficient (Wildman–Crippen LogP) is 3.70. The summed E-state index contributed by atoms with van der Waals surface area (Å²) in [5.41, 5.74) is 6.42. The van der Waals surface area contributed by atoms with Crippen molar-refractivity contribution in [3.63, 3.8) is 0 Å². The van der Waals surface area contributed by atoms with Crippen LogP contribution in [0.2, 0.25) is 0 Å². The fourth-order valence-corrected chi connectivity index (χ4v) is 1.82. The Morgan fingerprint density at radius 2 is 1.86 bits per heavy atom. The molecular weight excluding hydrogens is 278 g/mol. The molecule has 0 aliphatic carbocycles. The molecule has 0 bridgehead atoms. The maximum Gasteiger partial charge on any atom is 0.167 e. The topological polar surface area (TPSA) is 56.5 Å². The molecule has 0 aliphatic heterocycles. The number of anilines is 3. The zero-order chi connectivity index (χ0) is 15.4. The van der Waals surface area contributed by atoms with Gasteiger partial charge in [0.2, 0.25) is 0 Å². The molecule has 2 rings (SSSR count). The SMILES string of the molecule is CCOc1cc(Nc2cc(OC)ccc2F)c(N)cc1F. The van der Waals surface area contributed by atoms with Gasteiger partial charge in [-0.05, 0) is 19.1 Å². The van der Waals surface area contributed by atoms with E-state index in [0.29, 0.717) is 18.0 Å². The highest BCUT2D eigenvalue weighted by Crippen LogP contribution is 2.32. The Kier molecular flexibility index (Phi) is 4.47. The van der Waals surface area contributed by atoms with Gasteiger partial charge in [-0.3, -0.25) is 0 Å². The van der Waals surface area contributed by atoms with Gasteiger partial charge in [0.15, 0.2) is 11.6 Å². The van der Waals surface area contributed by atoms with Crippen molar-refractivity contribution in [1.29, 1.82) is 0 Å². The third-order valence-corrected chi connectivity index (χ3v) is 2.85. The van der Waals surface area contributed by atoms with Crippen LogP contribution in [0.3, 0.4) is 0 Å². The number of nitrogens with one attached hydrogen (secondary N) is 1. The van der Waals surface area contributed by atoms with E-state index in [0.717, 1.165) is 6.07 Å². The molecule has 0 saturated heterocycles. The molecule has 0 saturated carbocycles. The van der Waals surface area contributed by atoms with E-state index in [9.17, 15) is 8.78 Å². The molecule has 3 N–H and O–H groups in total. The molecule has 0 heterocycles. The quantitative estimate of drug-likeness (QED) is 0.826. The molecule has 0 unspecified atom stereocenters. The Morgan fingerprint density at radius 3 is 2.52 bits per heavy atom. The Bertz CT molecular complexity index is 648. The zero-order valence-electron chi connectivity index (χ0n) is 11.7. The summed E-state index contributed by atoms with van der Waals surface area (Å²) in [6.07, 6.45) is 0.